The minimum atomic E-state index is 1.12. The minimum absolute atomic E-state index is 1.12. The quantitative estimate of drug-likeness (QED) is 0.423. The number of allylic oxidation sites excluding steroid dienone is 3. The van der Waals surface area contributed by atoms with Gasteiger partial charge in [0.2, 0.25) is 0 Å². The molecule has 0 aromatic rings. The number of hydrogen-bond donors (Lipinski definition) is 0. The Morgan fingerprint density at radius 1 is 1.67 bits per heavy atom. The molecule has 0 saturated heterocycles. The molecule has 0 aromatic carbocycles. The molecule has 0 atom stereocenters. The van der Waals surface area contributed by atoms with E-state index in [4.69, 9.17) is 0 Å². The third kappa shape index (κ3) is 1.77. The maximum atomic E-state index is 3.52. The smallest absolute Gasteiger partial charge is 0.0310 e. The summed E-state index contributed by atoms with van der Waals surface area (Å²) in [4.78, 5) is 0. The normalized spacial score (nSPS) is 11.3. The van der Waals surface area contributed by atoms with Crippen LogP contribution >= 0.6 is 0 Å². The van der Waals surface area contributed by atoms with Gasteiger partial charge in [-0.3, -0.25) is 0 Å². The van der Waals surface area contributed by atoms with Crippen LogP contribution < -0.4 is 0 Å². The number of rotatable bonds is 1. The maximum absolute atomic E-state index is 3.52. The highest BCUT2D eigenvalue weighted by Crippen LogP contribution is 1.87. The molecule has 0 fully saturated rings. The summed E-state index contributed by atoms with van der Waals surface area (Å²) >= 11 is 0. The van der Waals surface area contributed by atoms with Gasteiger partial charge in [0.25, 0.3) is 0 Å². The van der Waals surface area contributed by atoms with Gasteiger partial charge in [-0.2, -0.15) is 0 Å². The summed E-state index contributed by atoms with van der Waals surface area (Å²) in [6.45, 7) is 9.00. The van der Waals surface area contributed by atoms with Crippen LogP contribution in [-0.2, 0) is 0 Å². The molecule has 0 heterocycles. The first-order valence-corrected chi connectivity index (χ1v) is 1.89. The first-order chi connectivity index (χ1) is 2.81. The Morgan fingerprint density at radius 3 is 2.17 bits per heavy atom. The van der Waals surface area contributed by atoms with Gasteiger partial charge in [-0.25, -0.2) is 0 Å². The lowest BCUT2D eigenvalue weighted by atomic mass is 10.3. The second-order valence-corrected chi connectivity index (χ2v) is 1.15. The van der Waals surface area contributed by atoms with Crippen LogP contribution in [-0.4, -0.2) is 0 Å². The molecule has 0 heteroatoms. The predicted octanol–water partition coefficient (Wildman–Crippen LogP) is 1.95. The van der Waals surface area contributed by atoms with Crippen molar-refractivity contribution in [3.63, 3.8) is 0 Å². The van der Waals surface area contributed by atoms with E-state index in [-0.39, 0.29) is 0 Å². The van der Waals surface area contributed by atoms with Crippen molar-refractivity contribution in [2.45, 2.75) is 6.92 Å². The van der Waals surface area contributed by atoms with Crippen LogP contribution in [0, 0.1) is 6.92 Å². The molecule has 33 valence electrons. The highest BCUT2D eigenvalue weighted by Gasteiger charge is 1.66. The largest absolute Gasteiger partial charge is 0.0988 e. The van der Waals surface area contributed by atoms with Gasteiger partial charge in [-0.15, -0.1) is 0 Å². The third-order valence-corrected chi connectivity index (χ3v) is 0.644. The Hall–Kier alpha value is -0.520. The van der Waals surface area contributed by atoms with Crippen LogP contribution in [0.3, 0.4) is 0 Å². The molecule has 0 aliphatic carbocycles. The van der Waals surface area contributed by atoms with Gasteiger partial charge in [-0.05, 0) is 13.8 Å². The predicted molar refractivity (Wildman–Crippen MR) is 29.3 cm³/mol. The Balaban J connectivity index is 3.50. The van der Waals surface area contributed by atoms with Crippen molar-refractivity contribution in [2.24, 2.45) is 0 Å². The molecule has 0 N–H and O–H groups in total. The Kier molecular flexibility index (Phi) is 2.47. The van der Waals surface area contributed by atoms with Crippen LogP contribution in [0.15, 0.2) is 24.3 Å². The molecule has 1 radical (unpaired) electrons. The summed E-state index contributed by atoms with van der Waals surface area (Å²) in [5, 5.41) is 0. The lowest BCUT2D eigenvalue weighted by molar-refractivity contribution is 1.54. The zero-order valence-corrected chi connectivity index (χ0v) is 4.07. The molecule has 0 nitrogen and oxygen atoms in total. The zero-order valence-electron chi connectivity index (χ0n) is 4.07. The molecular weight excluding hydrogens is 72.1 g/mol. The summed E-state index contributed by atoms with van der Waals surface area (Å²) in [6, 6.07) is 0. The van der Waals surface area contributed by atoms with Gasteiger partial charge in [0.15, 0.2) is 0 Å². The maximum Gasteiger partial charge on any atom is -0.0310 e. The molecule has 6 heavy (non-hydrogen) atoms. The monoisotopic (exact) mass is 81.1 g/mol. The van der Waals surface area contributed by atoms with Crippen molar-refractivity contribution in [1.29, 1.82) is 0 Å². The van der Waals surface area contributed by atoms with E-state index in [1.54, 1.807) is 12.2 Å². The third-order valence-electron chi connectivity index (χ3n) is 0.644. The van der Waals surface area contributed by atoms with E-state index in [1.165, 1.54) is 0 Å². The fourth-order valence-electron chi connectivity index (χ4n) is 0.0833. The van der Waals surface area contributed by atoms with E-state index in [0.29, 0.717) is 0 Å². The second-order valence-electron chi connectivity index (χ2n) is 1.15. The van der Waals surface area contributed by atoms with E-state index >= 15 is 0 Å². The van der Waals surface area contributed by atoms with Gasteiger partial charge in [-0.1, -0.05) is 24.3 Å². The van der Waals surface area contributed by atoms with Crippen molar-refractivity contribution in [3.05, 3.63) is 31.2 Å². The van der Waals surface area contributed by atoms with E-state index in [2.05, 4.69) is 13.5 Å². The van der Waals surface area contributed by atoms with E-state index in [0.717, 1.165) is 5.57 Å². The van der Waals surface area contributed by atoms with Crippen LogP contribution in [0.25, 0.3) is 0 Å². The molecule has 0 spiro atoms. The lowest BCUT2D eigenvalue weighted by Crippen LogP contribution is -1.57. The average Bonchev–Trinajstić information content (AvgIpc) is 1.65. The molecule has 0 rings (SSSR count). The summed E-state index contributed by atoms with van der Waals surface area (Å²) in [5.74, 6) is 0. The fraction of sp³-hybridized carbons (Fsp3) is 0.167. The summed E-state index contributed by atoms with van der Waals surface area (Å²) < 4.78 is 0. The first kappa shape index (κ1) is 5.48. The summed E-state index contributed by atoms with van der Waals surface area (Å²) in [7, 11) is 0. The average molecular weight is 81.1 g/mol. The second kappa shape index (κ2) is 2.70. The first-order valence-electron chi connectivity index (χ1n) is 1.89. The summed E-state index contributed by atoms with van der Waals surface area (Å²) in [6.07, 6.45) is 3.54. The molecule has 0 bridgehead atoms. The van der Waals surface area contributed by atoms with Crippen molar-refractivity contribution in [3.8, 4) is 0 Å². The minimum Gasteiger partial charge on any atom is -0.0988 e. The molecule has 0 aromatic heterocycles. The van der Waals surface area contributed by atoms with Crippen molar-refractivity contribution in [2.75, 3.05) is 0 Å². The van der Waals surface area contributed by atoms with Crippen molar-refractivity contribution in [1.82, 2.24) is 0 Å². The standard InChI is InChI=1S/C6H9/c1-4-6(3)5-2/h4-5H,1-2H2,3H3/b6-4+. The van der Waals surface area contributed by atoms with Crippen molar-refractivity contribution >= 4 is 0 Å². The molecule has 0 unspecified atom stereocenters. The van der Waals surface area contributed by atoms with Gasteiger partial charge in [0, 0.05) is 0 Å². The van der Waals surface area contributed by atoms with E-state index in [1.807, 2.05) is 6.92 Å². The van der Waals surface area contributed by atoms with Crippen LogP contribution in [0.1, 0.15) is 6.92 Å². The topological polar surface area (TPSA) is 0 Å². The van der Waals surface area contributed by atoms with Gasteiger partial charge in [0.05, 0.1) is 0 Å². The van der Waals surface area contributed by atoms with Crippen molar-refractivity contribution < 1.29 is 0 Å². The fourth-order valence-corrected chi connectivity index (χ4v) is 0.0833. The molecule has 0 amide bonds. The molecule has 0 saturated carbocycles. The summed E-state index contributed by atoms with van der Waals surface area (Å²) in [5.41, 5.74) is 1.12. The molecule has 0 aliphatic rings. The van der Waals surface area contributed by atoms with Crippen LogP contribution in [0.4, 0.5) is 0 Å². The molecular formula is C6H9. The van der Waals surface area contributed by atoms with Crippen LogP contribution in [0.2, 0.25) is 0 Å². The van der Waals surface area contributed by atoms with Gasteiger partial charge >= 0.3 is 0 Å². The van der Waals surface area contributed by atoms with Gasteiger partial charge in [0.1, 0.15) is 0 Å². The molecule has 0 aliphatic heterocycles. The van der Waals surface area contributed by atoms with E-state index in [9.17, 15) is 0 Å². The highest BCUT2D eigenvalue weighted by atomic mass is 13.7. The number of hydrogen-bond acceptors (Lipinski definition) is 0. The van der Waals surface area contributed by atoms with Gasteiger partial charge < -0.3 is 0 Å². The zero-order chi connectivity index (χ0) is 4.99. The Bertz CT molecular complexity index is 68.1. The SMILES string of the molecule is [CH2]/C=C(\C)C=C. The van der Waals surface area contributed by atoms with E-state index < -0.39 is 0 Å². The highest BCUT2D eigenvalue weighted by molar-refractivity contribution is 5.13. The lowest BCUT2D eigenvalue weighted by Gasteiger charge is -1.78. The Labute approximate surface area is 39.2 Å². The van der Waals surface area contributed by atoms with Crippen LogP contribution in [0.5, 0.6) is 0 Å². The Morgan fingerprint density at radius 2 is 2.17 bits per heavy atom.